The monoisotopic (exact) mass is 498 g/mol. The van der Waals surface area contributed by atoms with Crippen molar-refractivity contribution in [1.29, 1.82) is 0 Å². The van der Waals surface area contributed by atoms with Gasteiger partial charge in [0.1, 0.15) is 46.0 Å². The lowest BCUT2D eigenvalue weighted by molar-refractivity contribution is 0.353. The first kappa shape index (κ1) is 23.6. The molecule has 12 nitrogen and oxygen atoms in total. The Hall–Kier alpha value is -5.52. The van der Waals surface area contributed by atoms with Gasteiger partial charge in [0.25, 0.3) is 0 Å². The summed E-state index contributed by atoms with van der Waals surface area (Å²) < 4.78 is 10.6. The minimum Gasteiger partial charge on any atom is -0.508 e. The van der Waals surface area contributed by atoms with Crippen LogP contribution < -0.4 is 9.47 Å². The van der Waals surface area contributed by atoms with E-state index >= 15 is 0 Å². The fourth-order valence-electron chi connectivity index (χ4n) is 3.42. The second-order valence-electron chi connectivity index (χ2n) is 7.50. The van der Waals surface area contributed by atoms with E-state index in [2.05, 4.69) is 0 Å². The first-order valence-corrected chi connectivity index (χ1v) is 9.92. The molecule has 0 heterocycles. The molecule has 0 aliphatic heterocycles. The second-order valence-corrected chi connectivity index (χ2v) is 7.50. The van der Waals surface area contributed by atoms with Gasteiger partial charge in [0.15, 0.2) is 23.0 Å². The molecule has 0 saturated carbocycles. The molecule has 186 valence electrons. The zero-order valence-electron chi connectivity index (χ0n) is 17.9. The van der Waals surface area contributed by atoms with Gasteiger partial charge in [0.05, 0.1) is 11.1 Å². The molecule has 4 aromatic rings. The number of ether oxygens (including phenoxy) is 2. The molecule has 0 spiro atoms. The van der Waals surface area contributed by atoms with Crippen LogP contribution in [0.2, 0.25) is 0 Å². The number of phenolic OH excluding ortho intramolecular Hbond substituents is 10. The molecule has 0 fully saturated rings. The lowest BCUT2D eigenvalue weighted by atomic mass is 10.0. The van der Waals surface area contributed by atoms with E-state index in [-0.39, 0.29) is 22.6 Å². The Bertz CT molecular complexity index is 1400. The Kier molecular flexibility index (Phi) is 5.70. The van der Waals surface area contributed by atoms with Crippen LogP contribution in [0.25, 0.3) is 11.1 Å². The summed E-state index contributed by atoms with van der Waals surface area (Å²) in [6.45, 7) is 0. The first-order valence-electron chi connectivity index (χ1n) is 9.92. The van der Waals surface area contributed by atoms with E-state index in [1.807, 2.05) is 0 Å². The van der Waals surface area contributed by atoms with E-state index in [0.717, 1.165) is 48.5 Å². The van der Waals surface area contributed by atoms with Crippen molar-refractivity contribution in [1.82, 2.24) is 0 Å². The molecule has 0 aliphatic carbocycles. The van der Waals surface area contributed by atoms with E-state index < -0.39 is 69.0 Å². The SMILES string of the molecule is Oc1cc(O)c(Oc2cc(O)c(Oc3cc(O)c(-c4c(O)cc(O)cc4O)c(O)c3)c(O)c2)c(O)c1. The number of benzene rings is 4. The largest absolute Gasteiger partial charge is 0.508 e. The minimum atomic E-state index is -0.681. The quantitative estimate of drug-likeness (QED) is 0.189. The van der Waals surface area contributed by atoms with Gasteiger partial charge in [-0.3, -0.25) is 0 Å². The summed E-state index contributed by atoms with van der Waals surface area (Å²) in [4.78, 5) is 0. The second kappa shape index (κ2) is 8.68. The highest BCUT2D eigenvalue weighted by molar-refractivity contribution is 5.86. The molecule has 4 rings (SSSR count). The molecule has 36 heavy (non-hydrogen) atoms. The molecule has 0 atom stereocenters. The molecule has 0 radical (unpaired) electrons. The molecule has 0 aliphatic rings. The number of hydrogen-bond acceptors (Lipinski definition) is 12. The van der Waals surface area contributed by atoms with Crippen LogP contribution in [0, 0.1) is 0 Å². The fraction of sp³-hybridized carbons (Fsp3) is 0. The van der Waals surface area contributed by atoms with Gasteiger partial charge in [-0.05, 0) is 0 Å². The fourth-order valence-corrected chi connectivity index (χ4v) is 3.42. The van der Waals surface area contributed by atoms with Crippen molar-refractivity contribution in [2.75, 3.05) is 0 Å². The molecular formula is C24H18O12. The summed E-state index contributed by atoms with van der Waals surface area (Å²) in [5.74, 6) is -7.61. The molecular weight excluding hydrogens is 480 g/mol. The molecule has 0 unspecified atom stereocenters. The van der Waals surface area contributed by atoms with Gasteiger partial charge in [-0.1, -0.05) is 0 Å². The van der Waals surface area contributed by atoms with Crippen LogP contribution in [-0.4, -0.2) is 51.1 Å². The summed E-state index contributed by atoms with van der Waals surface area (Å²) in [7, 11) is 0. The highest BCUT2D eigenvalue weighted by Crippen LogP contribution is 2.51. The zero-order valence-corrected chi connectivity index (χ0v) is 17.9. The summed E-state index contributed by atoms with van der Waals surface area (Å²) in [5, 5.41) is 100. The van der Waals surface area contributed by atoms with Gasteiger partial charge in [-0.15, -0.1) is 0 Å². The van der Waals surface area contributed by atoms with E-state index in [0.29, 0.717) is 0 Å². The number of phenols is 10. The molecule has 4 aromatic carbocycles. The highest BCUT2D eigenvalue weighted by Gasteiger charge is 2.22. The normalized spacial score (nSPS) is 10.8. The zero-order chi connectivity index (χ0) is 26.3. The average Bonchev–Trinajstić information content (AvgIpc) is 2.74. The van der Waals surface area contributed by atoms with E-state index in [1.54, 1.807) is 0 Å². The summed E-state index contributed by atoms with van der Waals surface area (Å²) >= 11 is 0. The predicted molar refractivity (Wildman–Crippen MR) is 122 cm³/mol. The summed E-state index contributed by atoms with van der Waals surface area (Å²) in [6, 6.07) is 7.39. The van der Waals surface area contributed by atoms with Crippen molar-refractivity contribution in [3.63, 3.8) is 0 Å². The van der Waals surface area contributed by atoms with Crippen LogP contribution in [0.1, 0.15) is 0 Å². The van der Waals surface area contributed by atoms with Gasteiger partial charge >= 0.3 is 0 Å². The lowest BCUT2D eigenvalue weighted by Crippen LogP contribution is -1.91. The van der Waals surface area contributed by atoms with Crippen LogP contribution in [0.3, 0.4) is 0 Å². The molecule has 0 aromatic heterocycles. The van der Waals surface area contributed by atoms with Crippen LogP contribution in [0.5, 0.6) is 80.5 Å². The van der Waals surface area contributed by atoms with Gasteiger partial charge in [-0.25, -0.2) is 0 Å². The van der Waals surface area contributed by atoms with Crippen LogP contribution in [0.15, 0.2) is 48.5 Å². The van der Waals surface area contributed by atoms with Crippen LogP contribution in [0.4, 0.5) is 0 Å². The highest BCUT2D eigenvalue weighted by atomic mass is 16.5. The first-order chi connectivity index (χ1) is 16.9. The molecule has 12 heteroatoms. The van der Waals surface area contributed by atoms with Crippen molar-refractivity contribution < 1.29 is 60.5 Å². The van der Waals surface area contributed by atoms with Gasteiger partial charge in [0, 0.05) is 48.5 Å². The Morgan fingerprint density at radius 1 is 0.333 bits per heavy atom. The van der Waals surface area contributed by atoms with Crippen molar-refractivity contribution in [3.05, 3.63) is 48.5 Å². The smallest absolute Gasteiger partial charge is 0.210 e. The number of rotatable bonds is 5. The van der Waals surface area contributed by atoms with Crippen molar-refractivity contribution in [2.24, 2.45) is 0 Å². The van der Waals surface area contributed by atoms with E-state index in [1.165, 1.54) is 0 Å². The molecule has 0 amide bonds. The maximum Gasteiger partial charge on any atom is 0.210 e. The van der Waals surface area contributed by atoms with Gasteiger partial charge in [-0.2, -0.15) is 0 Å². The summed E-state index contributed by atoms with van der Waals surface area (Å²) in [6.07, 6.45) is 0. The minimum absolute atomic E-state index is 0.243. The van der Waals surface area contributed by atoms with Crippen LogP contribution >= 0.6 is 0 Å². The lowest BCUT2D eigenvalue weighted by Gasteiger charge is -2.16. The van der Waals surface area contributed by atoms with Gasteiger partial charge < -0.3 is 60.5 Å². The standard InChI is InChI=1S/C24H18O12/c25-9-1-13(27)21(14(28)2-9)22-15(29)5-11(6-16(22)30)35-24-19(33)7-12(8-20(24)34)36-23-17(31)3-10(26)4-18(23)32/h1-8,25-34H. The topological polar surface area (TPSA) is 221 Å². The molecule has 0 bridgehead atoms. The van der Waals surface area contributed by atoms with E-state index in [4.69, 9.17) is 9.47 Å². The Balaban J connectivity index is 1.66. The van der Waals surface area contributed by atoms with Crippen molar-refractivity contribution >= 4 is 0 Å². The third-order valence-corrected chi connectivity index (χ3v) is 4.90. The third-order valence-electron chi connectivity index (χ3n) is 4.90. The Morgan fingerprint density at radius 2 is 0.583 bits per heavy atom. The number of hydrogen-bond donors (Lipinski definition) is 10. The summed E-state index contributed by atoms with van der Waals surface area (Å²) in [5.41, 5.74) is -0.759. The third kappa shape index (κ3) is 4.33. The number of aromatic hydroxyl groups is 10. The average molecular weight is 498 g/mol. The molecule has 0 saturated heterocycles. The van der Waals surface area contributed by atoms with Crippen molar-refractivity contribution in [2.45, 2.75) is 0 Å². The maximum absolute atomic E-state index is 10.4. The van der Waals surface area contributed by atoms with Crippen molar-refractivity contribution in [3.8, 4) is 91.6 Å². The Morgan fingerprint density at radius 3 is 0.944 bits per heavy atom. The predicted octanol–water partition coefficient (Wildman–Crippen LogP) is 3.99. The molecule has 10 N–H and O–H groups in total. The van der Waals surface area contributed by atoms with E-state index in [9.17, 15) is 51.1 Å². The Labute approximate surface area is 201 Å². The van der Waals surface area contributed by atoms with Crippen LogP contribution in [-0.2, 0) is 0 Å². The van der Waals surface area contributed by atoms with Gasteiger partial charge in [0.2, 0.25) is 11.5 Å². The maximum atomic E-state index is 10.4.